The van der Waals surface area contributed by atoms with E-state index in [1.54, 1.807) is 0 Å². The summed E-state index contributed by atoms with van der Waals surface area (Å²) in [5.41, 5.74) is 0.432. The monoisotopic (exact) mass is 428 g/mol. The molecular weight excluding hydrogens is 396 g/mol. The smallest absolute Gasteiger partial charge is 0.411 e. The van der Waals surface area contributed by atoms with E-state index in [4.69, 9.17) is 9.47 Å². The molecule has 0 radical (unpaired) electrons. The minimum Gasteiger partial charge on any atom is -0.491 e. The van der Waals surface area contributed by atoms with Crippen molar-refractivity contribution < 1.29 is 23.8 Å². The molecule has 2 aromatic rings. The van der Waals surface area contributed by atoms with E-state index >= 15 is 0 Å². The van der Waals surface area contributed by atoms with E-state index in [1.165, 1.54) is 7.11 Å². The van der Waals surface area contributed by atoms with Crippen molar-refractivity contribution in [3.8, 4) is 5.75 Å². The van der Waals surface area contributed by atoms with Gasteiger partial charge < -0.3 is 19.5 Å². The van der Waals surface area contributed by atoms with Crippen LogP contribution in [0.5, 0.6) is 5.75 Å². The predicted molar refractivity (Wildman–Crippen MR) is 119 cm³/mol. The van der Waals surface area contributed by atoms with E-state index < -0.39 is 11.7 Å². The molecule has 1 N–H and O–H groups in total. The number of carbonyl (C=O) groups excluding carboxylic acids is 2. The maximum atomic E-state index is 12.9. The van der Waals surface area contributed by atoms with Crippen LogP contribution >= 0.6 is 0 Å². The summed E-state index contributed by atoms with van der Waals surface area (Å²) in [4.78, 5) is 26.0. The number of hydrogen-bond donors (Lipinski definition) is 1. The SMILES string of the molecule is COC(=O)NCCOc1cc(C(C)N(C(=O)OC(C)(C)C)C2CC2)cc2ccccc12. The molecular formula is C24H32N2O5. The van der Waals surface area contributed by atoms with E-state index in [0.717, 1.165) is 29.2 Å². The lowest BCUT2D eigenvalue weighted by molar-refractivity contribution is 0.0153. The largest absolute Gasteiger partial charge is 0.491 e. The summed E-state index contributed by atoms with van der Waals surface area (Å²) in [5.74, 6) is 0.714. The zero-order valence-electron chi connectivity index (χ0n) is 18.9. The highest BCUT2D eigenvalue weighted by Gasteiger charge is 2.38. The van der Waals surface area contributed by atoms with Crippen LogP contribution in [0.4, 0.5) is 9.59 Å². The second kappa shape index (κ2) is 9.45. The van der Waals surface area contributed by atoms with Crippen LogP contribution in [-0.2, 0) is 9.47 Å². The summed E-state index contributed by atoms with van der Waals surface area (Å²) in [7, 11) is 1.32. The minimum atomic E-state index is -0.547. The Bertz CT molecular complexity index is 933. The zero-order valence-corrected chi connectivity index (χ0v) is 18.9. The second-order valence-corrected chi connectivity index (χ2v) is 8.80. The average Bonchev–Trinajstić information content (AvgIpc) is 3.54. The Morgan fingerprint density at radius 3 is 2.55 bits per heavy atom. The van der Waals surface area contributed by atoms with Crippen LogP contribution in [0.1, 0.15) is 52.1 Å². The van der Waals surface area contributed by atoms with E-state index in [2.05, 4.69) is 16.1 Å². The van der Waals surface area contributed by atoms with Gasteiger partial charge in [0, 0.05) is 11.4 Å². The quantitative estimate of drug-likeness (QED) is 0.626. The van der Waals surface area contributed by atoms with Gasteiger partial charge in [0.15, 0.2) is 0 Å². The molecule has 1 unspecified atom stereocenters. The first-order valence-corrected chi connectivity index (χ1v) is 10.7. The number of fused-ring (bicyclic) bond motifs is 1. The molecule has 168 valence electrons. The minimum absolute atomic E-state index is 0.164. The van der Waals surface area contributed by atoms with Crippen molar-refractivity contribution in [3.63, 3.8) is 0 Å². The first kappa shape index (κ1) is 22.7. The van der Waals surface area contributed by atoms with Crippen LogP contribution in [0, 0.1) is 0 Å². The molecule has 0 aromatic heterocycles. The molecule has 0 aliphatic heterocycles. The third kappa shape index (κ3) is 6.03. The summed E-state index contributed by atoms with van der Waals surface area (Å²) in [6.45, 7) is 8.29. The molecule has 0 heterocycles. The lowest BCUT2D eigenvalue weighted by Gasteiger charge is -2.32. The molecule has 2 amide bonds. The Morgan fingerprint density at radius 1 is 1.19 bits per heavy atom. The molecule has 1 fully saturated rings. The Morgan fingerprint density at radius 2 is 1.90 bits per heavy atom. The van der Waals surface area contributed by atoms with Gasteiger partial charge in [0.05, 0.1) is 19.7 Å². The van der Waals surface area contributed by atoms with Gasteiger partial charge in [0.25, 0.3) is 0 Å². The maximum absolute atomic E-state index is 12.9. The van der Waals surface area contributed by atoms with Gasteiger partial charge in [-0.05, 0) is 63.6 Å². The van der Waals surface area contributed by atoms with Crippen LogP contribution in [-0.4, -0.2) is 49.0 Å². The lowest BCUT2D eigenvalue weighted by atomic mass is 10.0. The van der Waals surface area contributed by atoms with Gasteiger partial charge in [-0.3, -0.25) is 4.90 Å². The number of rotatable bonds is 7. The number of carbonyl (C=O) groups is 2. The molecule has 1 aliphatic rings. The Kier molecular flexibility index (Phi) is 6.93. The van der Waals surface area contributed by atoms with Gasteiger partial charge in [0.2, 0.25) is 0 Å². The highest BCUT2D eigenvalue weighted by molar-refractivity contribution is 5.89. The molecule has 0 spiro atoms. The lowest BCUT2D eigenvalue weighted by Crippen LogP contribution is -2.39. The number of amides is 2. The normalized spacial score (nSPS) is 14.6. The van der Waals surface area contributed by atoms with Gasteiger partial charge in [0.1, 0.15) is 18.0 Å². The molecule has 3 rings (SSSR count). The number of ether oxygens (including phenoxy) is 3. The number of methoxy groups -OCH3 is 1. The summed E-state index contributed by atoms with van der Waals surface area (Å²) in [6.07, 6.45) is 1.19. The maximum Gasteiger partial charge on any atom is 0.411 e. The molecule has 0 bridgehead atoms. The molecule has 2 aromatic carbocycles. The Labute approximate surface area is 183 Å². The standard InChI is InChI=1S/C24H32N2O5/c1-16(26(19-10-11-19)23(28)31-24(2,3)4)18-14-17-8-6-7-9-20(17)21(15-18)30-13-12-25-22(27)29-5/h6-9,14-16,19H,10-13H2,1-5H3,(H,25,27). The van der Waals surface area contributed by atoms with Crippen molar-refractivity contribution in [1.29, 1.82) is 0 Å². The third-order valence-electron chi connectivity index (χ3n) is 5.10. The van der Waals surface area contributed by atoms with Crippen LogP contribution in [0.15, 0.2) is 36.4 Å². The molecule has 1 aliphatic carbocycles. The third-order valence-corrected chi connectivity index (χ3v) is 5.10. The van der Waals surface area contributed by atoms with E-state index in [-0.39, 0.29) is 18.2 Å². The second-order valence-electron chi connectivity index (χ2n) is 8.80. The fourth-order valence-electron chi connectivity index (χ4n) is 3.50. The van der Waals surface area contributed by atoms with Crippen molar-refractivity contribution in [2.24, 2.45) is 0 Å². The topological polar surface area (TPSA) is 77.1 Å². The average molecular weight is 429 g/mol. The number of hydrogen-bond acceptors (Lipinski definition) is 5. The molecule has 1 atom stereocenters. The summed E-state index contributed by atoms with van der Waals surface area (Å²) >= 11 is 0. The van der Waals surface area contributed by atoms with E-state index in [9.17, 15) is 9.59 Å². The van der Waals surface area contributed by atoms with E-state index in [1.807, 2.05) is 62.9 Å². The van der Waals surface area contributed by atoms with Crippen molar-refractivity contribution in [2.75, 3.05) is 20.3 Å². The number of nitrogens with zero attached hydrogens (tertiary/aromatic N) is 1. The number of benzene rings is 2. The number of nitrogens with one attached hydrogen (secondary N) is 1. The predicted octanol–water partition coefficient (Wildman–Crippen LogP) is 5.04. The van der Waals surface area contributed by atoms with Gasteiger partial charge in [-0.1, -0.05) is 24.3 Å². The van der Waals surface area contributed by atoms with Crippen molar-refractivity contribution in [3.05, 3.63) is 42.0 Å². The van der Waals surface area contributed by atoms with Crippen molar-refractivity contribution in [1.82, 2.24) is 10.2 Å². The van der Waals surface area contributed by atoms with Crippen LogP contribution < -0.4 is 10.1 Å². The summed E-state index contributed by atoms with van der Waals surface area (Å²) in [6, 6.07) is 12.1. The molecule has 7 nitrogen and oxygen atoms in total. The van der Waals surface area contributed by atoms with Crippen LogP contribution in [0.25, 0.3) is 10.8 Å². The fourth-order valence-corrected chi connectivity index (χ4v) is 3.50. The first-order valence-electron chi connectivity index (χ1n) is 10.7. The highest BCUT2D eigenvalue weighted by Crippen LogP contribution is 2.38. The number of alkyl carbamates (subject to hydrolysis) is 1. The van der Waals surface area contributed by atoms with Gasteiger partial charge >= 0.3 is 12.2 Å². The van der Waals surface area contributed by atoms with Gasteiger partial charge in [-0.2, -0.15) is 0 Å². The van der Waals surface area contributed by atoms with Crippen molar-refractivity contribution >= 4 is 23.0 Å². The fraction of sp³-hybridized carbons (Fsp3) is 0.500. The van der Waals surface area contributed by atoms with Crippen molar-refractivity contribution in [2.45, 2.75) is 58.2 Å². The summed E-state index contributed by atoms with van der Waals surface area (Å²) < 4.78 is 16.3. The Hall–Kier alpha value is -2.96. The van der Waals surface area contributed by atoms with Crippen LogP contribution in [0.3, 0.4) is 0 Å². The molecule has 1 saturated carbocycles. The van der Waals surface area contributed by atoms with Crippen LogP contribution in [0.2, 0.25) is 0 Å². The highest BCUT2D eigenvalue weighted by atomic mass is 16.6. The molecule has 31 heavy (non-hydrogen) atoms. The zero-order chi connectivity index (χ0) is 22.6. The Balaban J connectivity index is 1.84. The first-order chi connectivity index (χ1) is 14.7. The molecule has 7 heteroatoms. The molecule has 0 saturated heterocycles. The van der Waals surface area contributed by atoms with E-state index in [0.29, 0.717) is 18.9 Å². The van der Waals surface area contributed by atoms with Gasteiger partial charge in [-0.25, -0.2) is 9.59 Å². The van der Waals surface area contributed by atoms with Gasteiger partial charge in [-0.15, -0.1) is 0 Å². The summed E-state index contributed by atoms with van der Waals surface area (Å²) in [5, 5.41) is 4.62.